The van der Waals surface area contributed by atoms with Crippen molar-refractivity contribution in [3.63, 3.8) is 0 Å². The lowest BCUT2D eigenvalue weighted by Crippen LogP contribution is -2.30. The van der Waals surface area contributed by atoms with Crippen LogP contribution in [0.3, 0.4) is 0 Å². The number of carbonyl (C=O) groups is 2. The van der Waals surface area contributed by atoms with Gasteiger partial charge in [0.15, 0.2) is 0 Å². The summed E-state index contributed by atoms with van der Waals surface area (Å²) < 4.78 is 10.5. The van der Waals surface area contributed by atoms with Gasteiger partial charge in [-0.3, -0.25) is 9.59 Å². The van der Waals surface area contributed by atoms with Crippen LogP contribution in [0.5, 0.6) is 0 Å². The van der Waals surface area contributed by atoms with Gasteiger partial charge in [0.05, 0.1) is 0 Å². The highest BCUT2D eigenvalue weighted by molar-refractivity contribution is 5.93. The maximum absolute atomic E-state index is 12.2. The Morgan fingerprint density at radius 3 is 1.67 bits per heavy atom. The molecular formula is C17H23N3O4. The van der Waals surface area contributed by atoms with E-state index in [4.69, 9.17) is 9.47 Å². The van der Waals surface area contributed by atoms with Gasteiger partial charge in [-0.05, 0) is 37.8 Å². The fourth-order valence-electron chi connectivity index (χ4n) is 2.95. The van der Waals surface area contributed by atoms with E-state index in [-0.39, 0.29) is 23.7 Å². The first-order valence-corrected chi connectivity index (χ1v) is 8.46. The molecule has 0 atom stereocenters. The second-order valence-corrected chi connectivity index (χ2v) is 6.16. The fourth-order valence-corrected chi connectivity index (χ4v) is 2.95. The zero-order valence-electron chi connectivity index (χ0n) is 13.6. The zero-order valence-corrected chi connectivity index (χ0v) is 13.6. The number of nitrogens with zero attached hydrogens (tertiary/aromatic N) is 1. The Kier molecular flexibility index (Phi) is 5.77. The summed E-state index contributed by atoms with van der Waals surface area (Å²) in [4.78, 5) is 28.8. The quantitative estimate of drug-likeness (QED) is 0.877. The molecule has 0 radical (unpaired) electrons. The minimum atomic E-state index is -0.0429. The molecular weight excluding hydrogens is 310 g/mol. The molecule has 7 nitrogen and oxygen atoms in total. The van der Waals surface area contributed by atoms with Gasteiger partial charge < -0.3 is 20.1 Å². The average molecular weight is 333 g/mol. The Morgan fingerprint density at radius 2 is 1.25 bits per heavy atom. The summed E-state index contributed by atoms with van der Waals surface area (Å²) in [5.74, 6) is 0.743. The van der Waals surface area contributed by atoms with Crippen molar-refractivity contribution in [3.05, 3.63) is 18.2 Å². The SMILES string of the molecule is O=C(Nc1cccc(NC(=O)C2CCOCC2)n1)C1CCOCC1. The summed E-state index contributed by atoms with van der Waals surface area (Å²) in [5.41, 5.74) is 0. The second kappa shape index (κ2) is 8.21. The van der Waals surface area contributed by atoms with Crippen molar-refractivity contribution in [2.24, 2.45) is 11.8 Å². The van der Waals surface area contributed by atoms with Gasteiger partial charge >= 0.3 is 0 Å². The third-order valence-corrected chi connectivity index (χ3v) is 4.44. The van der Waals surface area contributed by atoms with E-state index in [1.807, 2.05) is 0 Å². The Bertz CT molecular complexity index is 534. The van der Waals surface area contributed by atoms with Crippen LogP contribution in [0.4, 0.5) is 11.6 Å². The first-order valence-electron chi connectivity index (χ1n) is 8.46. The number of anilines is 2. The van der Waals surface area contributed by atoms with E-state index < -0.39 is 0 Å². The average Bonchev–Trinajstić information content (AvgIpc) is 2.63. The van der Waals surface area contributed by atoms with Crippen molar-refractivity contribution in [2.45, 2.75) is 25.7 Å². The van der Waals surface area contributed by atoms with Crippen molar-refractivity contribution in [1.29, 1.82) is 0 Å². The number of pyridine rings is 1. The van der Waals surface area contributed by atoms with Crippen molar-refractivity contribution in [1.82, 2.24) is 4.98 Å². The number of rotatable bonds is 4. The van der Waals surface area contributed by atoms with Crippen LogP contribution in [0.1, 0.15) is 25.7 Å². The molecule has 0 aromatic carbocycles. The molecule has 3 heterocycles. The van der Waals surface area contributed by atoms with Gasteiger partial charge in [0.2, 0.25) is 11.8 Å². The van der Waals surface area contributed by atoms with E-state index in [2.05, 4.69) is 15.6 Å². The second-order valence-electron chi connectivity index (χ2n) is 6.16. The molecule has 2 N–H and O–H groups in total. The van der Waals surface area contributed by atoms with Gasteiger partial charge in [0, 0.05) is 38.3 Å². The van der Waals surface area contributed by atoms with Crippen molar-refractivity contribution in [3.8, 4) is 0 Å². The minimum Gasteiger partial charge on any atom is -0.381 e. The molecule has 1 aromatic rings. The lowest BCUT2D eigenvalue weighted by Gasteiger charge is -2.22. The van der Waals surface area contributed by atoms with Gasteiger partial charge in [-0.25, -0.2) is 4.98 Å². The molecule has 3 rings (SSSR count). The van der Waals surface area contributed by atoms with Gasteiger partial charge in [0.1, 0.15) is 11.6 Å². The first-order chi connectivity index (χ1) is 11.7. The number of ether oxygens (including phenoxy) is 2. The predicted molar refractivity (Wildman–Crippen MR) is 88.6 cm³/mol. The molecule has 130 valence electrons. The van der Waals surface area contributed by atoms with Gasteiger partial charge in [-0.15, -0.1) is 0 Å². The molecule has 0 unspecified atom stereocenters. The highest BCUT2D eigenvalue weighted by Gasteiger charge is 2.23. The summed E-state index contributed by atoms with van der Waals surface area (Å²) >= 11 is 0. The number of nitrogens with one attached hydrogen (secondary N) is 2. The van der Waals surface area contributed by atoms with Gasteiger partial charge in [-0.1, -0.05) is 6.07 Å². The smallest absolute Gasteiger partial charge is 0.228 e. The molecule has 1 aromatic heterocycles. The van der Waals surface area contributed by atoms with Crippen molar-refractivity contribution in [2.75, 3.05) is 37.1 Å². The number of hydrogen-bond donors (Lipinski definition) is 2. The van der Waals surface area contributed by atoms with E-state index >= 15 is 0 Å². The molecule has 2 saturated heterocycles. The van der Waals surface area contributed by atoms with E-state index in [1.54, 1.807) is 18.2 Å². The van der Waals surface area contributed by atoms with Crippen LogP contribution in [0, 0.1) is 11.8 Å². The van der Waals surface area contributed by atoms with E-state index in [0.29, 0.717) is 38.1 Å². The molecule has 0 saturated carbocycles. The summed E-state index contributed by atoms with van der Waals surface area (Å²) in [6.07, 6.45) is 2.91. The molecule has 0 aliphatic carbocycles. The molecule has 0 spiro atoms. The van der Waals surface area contributed by atoms with Crippen molar-refractivity contribution >= 4 is 23.5 Å². The van der Waals surface area contributed by atoms with E-state index in [9.17, 15) is 9.59 Å². The highest BCUT2D eigenvalue weighted by Crippen LogP contribution is 2.19. The molecule has 0 bridgehead atoms. The molecule has 2 aliphatic rings. The fraction of sp³-hybridized carbons (Fsp3) is 0.588. The molecule has 2 aliphatic heterocycles. The highest BCUT2D eigenvalue weighted by atomic mass is 16.5. The Labute approximate surface area is 141 Å². The first kappa shape index (κ1) is 16.9. The number of amides is 2. The zero-order chi connectivity index (χ0) is 16.8. The minimum absolute atomic E-state index is 0.0407. The normalized spacial score (nSPS) is 19.7. The maximum Gasteiger partial charge on any atom is 0.228 e. The molecule has 7 heteroatoms. The maximum atomic E-state index is 12.2. The summed E-state index contributed by atoms with van der Waals surface area (Å²) in [7, 11) is 0. The lowest BCUT2D eigenvalue weighted by atomic mass is 9.99. The molecule has 2 fully saturated rings. The summed E-state index contributed by atoms with van der Waals surface area (Å²) in [6.45, 7) is 2.47. The standard InChI is InChI=1S/C17H23N3O4/c21-16(12-4-8-23-9-5-12)19-14-2-1-3-15(18-14)20-17(22)13-6-10-24-11-7-13/h1-3,12-13H,4-11H2,(H2,18,19,20,21,22). The third kappa shape index (κ3) is 4.52. The molecule has 24 heavy (non-hydrogen) atoms. The predicted octanol–water partition coefficient (Wildman–Crippen LogP) is 1.81. The van der Waals surface area contributed by atoms with E-state index in [1.165, 1.54) is 0 Å². The van der Waals surface area contributed by atoms with Gasteiger partial charge in [0.25, 0.3) is 0 Å². The van der Waals surface area contributed by atoms with Crippen LogP contribution in [-0.2, 0) is 19.1 Å². The molecule has 2 amide bonds. The van der Waals surface area contributed by atoms with Crippen LogP contribution in [0.2, 0.25) is 0 Å². The van der Waals surface area contributed by atoms with Gasteiger partial charge in [-0.2, -0.15) is 0 Å². The number of carbonyl (C=O) groups excluding carboxylic acids is 2. The topological polar surface area (TPSA) is 89.6 Å². The van der Waals surface area contributed by atoms with Crippen LogP contribution in [0.25, 0.3) is 0 Å². The largest absolute Gasteiger partial charge is 0.381 e. The van der Waals surface area contributed by atoms with Crippen LogP contribution in [-0.4, -0.2) is 43.2 Å². The summed E-state index contributed by atoms with van der Waals surface area (Å²) in [6, 6.07) is 5.22. The van der Waals surface area contributed by atoms with Crippen LogP contribution < -0.4 is 10.6 Å². The number of aromatic nitrogens is 1. The Balaban J connectivity index is 1.57. The lowest BCUT2D eigenvalue weighted by molar-refractivity contribution is -0.123. The Morgan fingerprint density at radius 1 is 0.833 bits per heavy atom. The Hall–Kier alpha value is -1.99. The monoisotopic (exact) mass is 333 g/mol. The van der Waals surface area contributed by atoms with Crippen LogP contribution in [0.15, 0.2) is 18.2 Å². The van der Waals surface area contributed by atoms with Crippen molar-refractivity contribution < 1.29 is 19.1 Å². The van der Waals surface area contributed by atoms with Crippen LogP contribution >= 0.6 is 0 Å². The summed E-state index contributed by atoms with van der Waals surface area (Å²) in [5, 5.41) is 5.66. The third-order valence-electron chi connectivity index (χ3n) is 4.44. The number of hydrogen-bond acceptors (Lipinski definition) is 5. The van der Waals surface area contributed by atoms with E-state index in [0.717, 1.165) is 25.7 Å².